The molecule has 3 aromatic rings. The summed E-state index contributed by atoms with van der Waals surface area (Å²) in [6, 6.07) is 8.80. The second kappa shape index (κ2) is 7.81. The molecule has 0 spiro atoms. The Morgan fingerprint density at radius 3 is 2.46 bits per heavy atom. The molecule has 3 rings (SSSR count). The molecule has 1 aromatic heterocycles. The Bertz CT molecular complexity index is 1120. The van der Waals surface area contributed by atoms with Gasteiger partial charge in [0.2, 0.25) is 0 Å². The van der Waals surface area contributed by atoms with Crippen molar-refractivity contribution in [2.24, 2.45) is 0 Å². The SMILES string of the molecule is COc1cc(Br)c(/C=C(\C#N)c2nc3cc(C(F)(F)F)ccc3s2)cc1OC. The second-order valence-corrected chi connectivity index (χ2v) is 7.48. The smallest absolute Gasteiger partial charge is 0.416 e. The number of halogens is 4. The van der Waals surface area contributed by atoms with Crippen molar-refractivity contribution in [1.29, 1.82) is 5.26 Å². The predicted octanol–water partition coefficient (Wildman–Crippen LogP) is 6.16. The highest BCUT2D eigenvalue weighted by Crippen LogP contribution is 2.37. The van der Waals surface area contributed by atoms with Crippen molar-refractivity contribution < 1.29 is 22.6 Å². The van der Waals surface area contributed by atoms with Crippen molar-refractivity contribution >= 4 is 49.1 Å². The Balaban J connectivity index is 2.08. The minimum atomic E-state index is -4.45. The van der Waals surface area contributed by atoms with Gasteiger partial charge in [-0.2, -0.15) is 18.4 Å². The van der Waals surface area contributed by atoms with Gasteiger partial charge in [0, 0.05) is 4.47 Å². The average Bonchev–Trinajstić information content (AvgIpc) is 3.09. The maximum atomic E-state index is 12.9. The van der Waals surface area contributed by atoms with Crippen molar-refractivity contribution in [1.82, 2.24) is 4.98 Å². The molecule has 0 aliphatic carbocycles. The molecule has 1 heterocycles. The summed E-state index contributed by atoms with van der Waals surface area (Å²) in [6.07, 6.45) is -2.86. The number of thiazole rings is 1. The third kappa shape index (κ3) is 3.98. The molecule has 0 radical (unpaired) electrons. The van der Waals surface area contributed by atoms with Crippen LogP contribution in [0.2, 0.25) is 0 Å². The van der Waals surface area contributed by atoms with E-state index in [1.54, 1.807) is 18.2 Å². The summed E-state index contributed by atoms with van der Waals surface area (Å²) in [7, 11) is 3.01. The number of rotatable bonds is 4. The average molecular weight is 469 g/mol. The lowest BCUT2D eigenvalue weighted by Crippen LogP contribution is -2.03. The van der Waals surface area contributed by atoms with Crippen LogP contribution in [-0.2, 0) is 6.18 Å². The first kappa shape index (κ1) is 20.2. The summed E-state index contributed by atoms with van der Waals surface area (Å²) >= 11 is 4.57. The molecule has 0 aliphatic heterocycles. The zero-order valence-corrected chi connectivity index (χ0v) is 17.0. The molecule has 0 amide bonds. The van der Waals surface area contributed by atoms with Crippen molar-refractivity contribution in [3.63, 3.8) is 0 Å². The van der Waals surface area contributed by atoms with Gasteiger partial charge in [-0.3, -0.25) is 0 Å². The van der Waals surface area contributed by atoms with E-state index in [4.69, 9.17) is 9.47 Å². The molecule has 0 N–H and O–H groups in total. The number of nitriles is 1. The van der Waals surface area contributed by atoms with Crippen molar-refractivity contribution in [3.8, 4) is 17.6 Å². The summed E-state index contributed by atoms with van der Waals surface area (Å²) in [5.74, 6) is 0.998. The molecular weight excluding hydrogens is 457 g/mol. The molecule has 0 aliphatic rings. The fourth-order valence-corrected chi connectivity index (χ4v) is 3.85. The normalized spacial score (nSPS) is 12.1. The molecule has 2 aromatic carbocycles. The Labute approximate surface area is 171 Å². The van der Waals surface area contributed by atoms with Gasteiger partial charge in [-0.1, -0.05) is 15.9 Å². The molecule has 144 valence electrons. The monoisotopic (exact) mass is 468 g/mol. The van der Waals surface area contributed by atoms with Crippen LogP contribution >= 0.6 is 27.3 Å². The first-order valence-electron chi connectivity index (χ1n) is 7.78. The topological polar surface area (TPSA) is 55.1 Å². The van der Waals surface area contributed by atoms with E-state index >= 15 is 0 Å². The van der Waals surface area contributed by atoms with Gasteiger partial charge < -0.3 is 9.47 Å². The number of hydrogen-bond donors (Lipinski definition) is 0. The van der Waals surface area contributed by atoms with Crippen LogP contribution < -0.4 is 9.47 Å². The zero-order valence-electron chi connectivity index (χ0n) is 14.6. The number of benzene rings is 2. The van der Waals surface area contributed by atoms with E-state index in [2.05, 4.69) is 27.0 Å². The molecule has 0 fully saturated rings. The number of allylic oxidation sites excluding steroid dienone is 1. The van der Waals surface area contributed by atoms with Crippen LogP contribution in [0.15, 0.2) is 34.8 Å². The van der Waals surface area contributed by atoms with Crippen LogP contribution in [0.3, 0.4) is 0 Å². The molecular formula is C19H12BrF3N2O2S. The first-order valence-corrected chi connectivity index (χ1v) is 9.39. The Hall–Kier alpha value is -2.57. The lowest BCUT2D eigenvalue weighted by Gasteiger charge is -2.10. The van der Waals surface area contributed by atoms with E-state index in [-0.39, 0.29) is 11.1 Å². The number of methoxy groups -OCH3 is 2. The highest BCUT2D eigenvalue weighted by molar-refractivity contribution is 9.10. The van der Waals surface area contributed by atoms with E-state index in [1.165, 1.54) is 20.3 Å². The van der Waals surface area contributed by atoms with Crippen LogP contribution in [0, 0.1) is 11.3 Å². The molecule has 0 bridgehead atoms. The lowest BCUT2D eigenvalue weighted by molar-refractivity contribution is -0.137. The second-order valence-electron chi connectivity index (χ2n) is 5.60. The summed E-state index contributed by atoms with van der Waals surface area (Å²) in [5, 5.41) is 9.90. The minimum absolute atomic E-state index is 0.197. The molecule has 0 atom stereocenters. The van der Waals surface area contributed by atoms with Gasteiger partial charge in [-0.15, -0.1) is 11.3 Å². The van der Waals surface area contributed by atoms with Gasteiger partial charge in [-0.05, 0) is 42.0 Å². The third-order valence-corrected chi connectivity index (χ3v) is 5.62. The van der Waals surface area contributed by atoms with Crippen LogP contribution in [0.1, 0.15) is 16.1 Å². The maximum absolute atomic E-state index is 12.9. The van der Waals surface area contributed by atoms with Gasteiger partial charge in [-0.25, -0.2) is 4.98 Å². The lowest BCUT2D eigenvalue weighted by atomic mass is 10.1. The molecule has 0 unspecified atom stereocenters. The van der Waals surface area contributed by atoms with E-state index in [0.717, 1.165) is 23.5 Å². The summed E-state index contributed by atoms with van der Waals surface area (Å²) in [6.45, 7) is 0. The van der Waals surface area contributed by atoms with Crippen molar-refractivity contribution in [3.05, 3.63) is 50.9 Å². The Morgan fingerprint density at radius 2 is 1.86 bits per heavy atom. The molecule has 0 saturated heterocycles. The summed E-state index contributed by atoms with van der Waals surface area (Å²) in [5.41, 5.74) is 0.288. The van der Waals surface area contributed by atoms with Crippen LogP contribution in [-0.4, -0.2) is 19.2 Å². The highest BCUT2D eigenvalue weighted by atomic mass is 79.9. The van der Waals surface area contributed by atoms with E-state index in [0.29, 0.717) is 31.2 Å². The predicted molar refractivity (Wildman–Crippen MR) is 105 cm³/mol. The maximum Gasteiger partial charge on any atom is 0.416 e. The van der Waals surface area contributed by atoms with Crippen molar-refractivity contribution in [2.75, 3.05) is 14.2 Å². The van der Waals surface area contributed by atoms with Gasteiger partial charge in [0.25, 0.3) is 0 Å². The Morgan fingerprint density at radius 1 is 1.18 bits per heavy atom. The molecule has 4 nitrogen and oxygen atoms in total. The number of alkyl halides is 3. The quantitative estimate of drug-likeness (QED) is 0.430. The Kier molecular flexibility index (Phi) is 5.63. The highest BCUT2D eigenvalue weighted by Gasteiger charge is 2.30. The van der Waals surface area contributed by atoms with Crippen LogP contribution in [0.5, 0.6) is 11.5 Å². The number of aromatic nitrogens is 1. The number of nitrogens with zero attached hydrogens (tertiary/aromatic N) is 2. The number of fused-ring (bicyclic) bond motifs is 1. The number of ether oxygens (including phenoxy) is 2. The van der Waals surface area contributed by atoms with Gasteiger partial charge in [0.05, 0.1) is 35.6 Å². The van der Waals surface area contributed by atoms with Gasteiger partial charge in [0.15, 0.2) is 11.5 Å². The van der Waals surface area contributed by atoms with Crippen LogP contribution in [0.25, 0.3) is 21.9 Å². The third-order valence-electron chi connectivity index (χ3n) is 3.87. The molecule has 9 heteroatoms. The first-order chi connectivity index (χ1) is 13.3. The summed E-state index contributed by atoms with van der Waals surface area (Å²) in [4.78, 5) is 4.22. The summed E-state index contributed by atoms with van der Waals surface area (Å²) < 4.78 is 50.4. The van der Waals surface area contributed by atoms with E-state index in [1.807, 2.05) is 0 Å². The van der Waals surface area contributed by atoms with E-state index < -0.39 is 11.7 Å². The molecule has 28 heavy (non-hydrogen) atoms. The fourth-order valence-electron chi connectivity index (χ4n) is 2.50. The number of hydrogen-bond acceptors (Lipinski definition) is 5. The largest absolute Gasteiger partial charge is 0.493 e. The minimum Gasteiger partial charge on any atom is -0.493 e. The molecule has 0 saturated carbocycles. The van der Waals surface area contributed by atoms with Crippen molar-refractivity contribution in [2.45, 2.75) is 6.18 Å². The van der Waals surface area contributed by atoms with Gasteiger partial charge in [0.1, 0.15) is 11.1 Å². The van der Waals surface area contributed by atoms with Crippen LogP contribution in [0.4, 0.5) is 13.2 Å². The fraction of sp³-hybridized carbons (Fsp3) is 0.158. The zero-order chi connectivity index (χ0) is 20.5. The van der Waals surface area contributed by atoms with E-state index in [9.17, 15) is 18.4 Å². The van der Waals surface area contributed by atoms with Gasteiger partial charge >= 0.3 is 6.18 Å². The standard InChI is InChI=1S/C19H12BrF3N2O2S/c1-26-15-6-10(13(20)8-16(15)27-2)5-11(9-24)18-25-14-7-12(19(21,22)23)3-4-17(14)28-18/h3-8H,1-2H3/b11-5+.